The maximum Gasteiger partial charge on any atom is 0.246 e. The van der Waals surface area contributed by atoms with Crippen LogP contribution in [0.15, 0.2) is 84.4 Å². The molecule has 2 aliphatic rings. The number of amides is 4. The van der Waals surface area contributed by atoms with Crippen LogP contribution in [0.5, 0.6) is 17.2 Å². The number of carbonyl (C=O) groups is 4. The first kappa shape index (κ1) is 60.0. The standard InChI is InChI=1S/C61H83N9O8S/c1-42(45-25-27-46(28-26-45)56-43(2)63-41-79-56)64-59(75)51-38-47(71)40-70(51)60(76)57(61(3,4)5)65-54(73)23-14-12-10-8-6-7-9-11-13-15-24-55(74)69-32-30-68(31-33-69)34-36-77-48-20-18-19-44(37-48)29-35-78-53-39-50(66-67-58(53)62)49-21-16-17-22-52(49)72/h16-22,25-28,37,39,41-42,47,51,57,71-72H,6-15,23-24,29-36,38,40H2,1-5H3,(H2,62,67)(H,64,75)(H,65,73)/t42?,47-,51+,57?/m1/s1. The topological polar surface area (TPSA) is 226 Å². The quantitative estimate of drug-likeness (QED) is 0.0295. The number of aromatic nitrogens is 3. The number of phenols is 1. The van der Waals surface area contributed by atoms with E-state index in [9.17, 15) is 29.4 Å². The molecule has 4 atom stereocenters. The summed E-state index contributed by atoms with van der Waals surface area (Å²) < 4.78 is 12.1. The number of nitrogens with one attached hydrogen (secondary N) is 2. The monoisotopic (exact) mass is 1100 g/mol. The van der Waals surface area contributed by atoms with Gasteiger partial charge in [-0.15, -0.1) is 21.5 Å². The van der Waals surface area contributed by atoms with E-state index >= 15 is 0 Å². The molecule has 0 spiro atoms. The maximum atomic E-state index is 14.1. The number of aliphatic hydroxyl groups is 1. The number of aryl methyl sites for hydroxylation is 1. The number of para-hydroxylation sites is 1. The Balaban J connectivity index is 0.692. The van der Waals surface area contributed by atoms with Crippen LogP contribution in [0, 0.1) is 12.3 Å². The molecule has 7 rings (SSSR count). The number of nitrogens with two attached hydrogens (primary N) is 1. The van der Waals surface area contributed by atoms with Crippen molar-refractivity contribution in [2.24, 2.45) is 5.41 Å². The molecule has 17 nitrogen and oxygen atoms in total. The average molecular weight is 1100 g/mol. The highest BCUT2D eigenvalue weighted by Gasteiger charge is 2.44. The number of aliphatic hydroxyl groups excluding tert-OH is 1. The van der Waals surface area contributed by atoms with E-state index in [1.807, 2.05) is 99.6 Å². The molecule has 79 heavy (non-hydrogen) atoms. The van der Waals surface area contributed by atoms with Crippen LogP contribution in [-0.2, 0) is 25.6 Å². The molecule has 426 valence electrons. The largest absolute Gasteiger partial charge is 0.507 e. The molecule has 2 unspecified atom stereocenters. The van der Waals surface area contributed by atoms with Crippen LogP contribution in [0.2, 0.25) is 0 Å². The van der Waals surface area contributed by atoms with E-state index in [0.29, 0.717) is 49.5 Å². The van der Waals surface area contributed by atoms with Crippen LogP contribution in [-0.4, -0.2) is 134 Å². The molecule has 0 radical (unpaired) electrons. The minimum absolute atomic E-state index is 0.0319. The van der Waals surface area contributed by atoms with Gasteiger partial charge in [0.2, 0.25) is 23.6 Å². The molecule has 0 aliphatic carbocycles. The van der Waals surface area contributed by atoms with Gasteiger partial charge in [-0.2, -0.15) is 0 Å². The number of unbranched alkanes of at least 4 members (excludes halogenated alkanes) is 9. The Morgan fingerprint density at radius 1 is 0.810 bits per heavy atom. The first-order valence-electron chi connectivity index (χ1n) is 28.4. The molecule has 5 aromatic rings. The summed E-state index contributed by atoms with van der Waals surface area (Å²) >= 11 is 1.59. The van der Waals surface area contributed by atoms with Gasteiger partial charge in [0.15, 0.2) is 11.6 Å². The first-order chi connectivity index (χ1) is 38.0. The van der Waals surface area contributed by atoms with Crippen LogP contribution in [0.3, 0.4) is 0 Å². The van der Waals surface area contributed by atoms with Crippen molar-refractivity contribution in [3.05, 3.63) is 101 Å². The number of β-amino-alcohol motifs (C(OH)–C–C–N with tert-alkyl or cyclic N) is 1. The van der Waals surface area contributed by atoms with Crippen molar-refractivity contribution >= 4 is 40.8 Å². The fourth-order valence-electron chi connectivity index (χ4n) is 10.3. The SMILES string of the molecule is Cc1ncsc1-c1ccc(C(C)NC(=O)[C@@H]2C[C@@H](O)CN2C(=O)C(NC(=O)CCCCCCCCCCCCC(=O)N2CCN(CCOc3cccc(CCOc4cc(-c5ccccc5O)nnc4N)c3)CC2)C(C)(C)C)cc1. The highest BCUT2D eigenvalue weighted by molar-refractivity contribution is 7.13. The second kappa shape index (κ2) is 29.5. The zero-order chi connectivity index (χ0) is 56.3. The Morgan fingerprint density at radius 3 is 2.16 bits per heavy atom. The predicted molar refractivity (Wildman–Crippen MR) is 309 cm³/mol. The van der Waals surface area contributed by atoms with Gasteiger partial charge < -0.3 is 45.9 Å². The number of nitrogen functional groups attached to an aromatic ring is 1. The number of phenolic OH excluding ortho intramolecular Hbond substituents is 1. The lowest BCUT2D eigenvalue weighted by Gasteiger charge is -2.35. The molecule has 4 heterocycles. The molecule has 2 saturated heterocycles. The summed E-state index contributed by atoms with van der Waals surface area (Å²) in [5, 5.41) is 35.1. The second-order valence-corrected chi connectivity index (χ2v) is 23.1. The number of hydrogen-bond donors (Lipinski definition) is 5. The van der Waals surface area contributed by atoms with Crippen molar-refractivity contribution in [2.45, 2.75) is 149 Å². The molecule has 4 amide bonds. The van der Waals surface area contributed by atoms with Crippen molar-refractivity contribution in [1.29, 1.82) is 0 Å². The highest BCUT2D eigenvalue weighted by Crippen LogP contribution is 2.32. The van der Waals surface area contributed by atoms with E-state index in [2.05, 4.69) is 30.7 Å². The summed E-state index contributed by atoms with van der Waals surface area (Å²) in [6, 6.07) is 22.6. The molecule has 18 heteroatoms. The maximum absolute atomic E-state index is 14.1. The summed E-state index contributed by atoms with van der Waals surface area (Å²) in [6.07, 6.45) is 11.2. The van der Waals surface area contributed by atoms with Gasteiger partial charge in [0, 0.05) is 76.6 Å². The van der Waals surface area contributed by atoms with E-state index in [4.69, 9.17) is 15.2 Å². The number of anilines is 1. The number of aromatic hydroxyl groups is 1. The van der Waals surface area contributed by atoms with Gasteiger partial charge in [-0.3, -0.25) is 24.1 Å². The molecule has 0 saturated carbocycles. The number of nitrogens with zero attached hydrogens (tertiary/aromatic N) is 6. The lowest BCUT2D eigenvalue weighted by atomic mass is 9.85. The number of thiazole rings is 1. The molecule has 3 aromatic carbocycles. The smallest absolute Gasteiger partial charge is 0.246 e. The molecule has 0 bridgehead atoms. The van der Waals surface area contributed by atoms with Gasteiger partial charge in [-0.05, 0) is 73.1 Å². The minimum Gasteiger partial charge on any atom is -0.507 e. The summed E-state index contributed by atoms with van der Waals surface area (Å²) in [7, 11) is 0. The van der Waals surface area contributed by atoms with Gasteiger partial charge >= 0.3 is 0 Å². The average Bonchev–Trinajstić information content (AvgIpc) is 4.06. The predicted octanol–water partition coefficient (Wildman–Crippen LogP) is 9.06. The number of carbonyl (C=O) groups excluding carboxylic acids is 4. The van der Waals surface area contributed by atoms with E-state index in [-0.39, 0.29) is 54.2 Å². The van der Waals surface area contributed by atoms with Crippen molar-refractivity contribution in [3.8, 4) is 38.9 Å². The molecule has 2 fully saturated rings. The summed E-state index contributed by atoms with van der Waals surface area (Å²) in [4.78, 5) is 65.3. The fraction of sp³-hybridized carbons (Fsp3) is 0.525. The van der Waals surface area contributed by atoms with Crippen molar-refractivity contribution in [3.63, 3.8) is 0 Å². The van der Waals surface area contributed by atoms with Gasteiger partial charge in [-0.25, -0.2) is 4.98 Å². The number of ether oxygens (including phenoxy) is 2. The van der Waals surface area contributed by atoms with Gasteiger partial charge in [0.05, 0.1) is 34.8 Å². The molecule has 2 aromatic heterocycles. The van der Waals surface area contributed by atoms with Crippen molar-refractivity contribution < 1.29 is 38.9 Å². The number of likely N-dealkylation sites (tertiary alicyclic amines) is 1. The Bertz CT molecular complexity index is 2760. The van der Waals surface area contributed by atoms with Crippen LogP contribution in [0.1, 0.15) is 134 Å². The third kappa shape index (κ3) is 17.9. The first-order valence-corrected chi connectivity index (χ1v) is 29.3. The van der Waals surface area contributed by atoms with E-state index in [1.165, 1.54) is 4.90 Å². The third-order valence-electron chi connectivity index (χ3n) is 15.0. The number of hydrogen-bond acceptors (Lipinski definition) is 14. The van der Waals surface area contributed by atoms with E-state index in [1.54, 1.807) is 35.6 Å². The van der Waals surface area contributed by atoms with Crippen LogP contribution >= 0.6 is 11.3 Å². The second-order valence-electron chi connectivity index (χ2n) is 22.2. The third-order valence-corrected chi connectivity index (χ3v) is 16.0. The molecular formula is C61H83N9O8S. The zero-order valence-corrected chi connectivity index (χ0v) is 47.8. The number of rotatable bonds is 28. The summed E-state index contributed by atoms with van der Waals surface area (Å²) in [5.41, 5.74) is 12.3. The van der Waals surface area contributed by atoms with Gasteiger partial charge in [-0.1, -0.05) is 121 Å². The Morgan fingerprint density at radius 2 is 1.49 bits per heavy atom. The Hall–Kier alpha value is -6.63. The number of benzene rings is 3. The Kier molecular flexibility index (Phi) is 22.4. The van der Waals surface area contributed by atoms with Crippen LogP contribution in [0.4, 0.5) is 5.82 Å². The lowest BCUT2D eigenvalue weighted by Crippen LogP contribution is -2.57. The molecule has 2 aliphatic heterocycles. The zero-order valence-electron chi connectivity index (χ0n) is 47.0. The van der Waals surface area contributed by atoms with Crippen molar-refractivity contribution in [1.82, 2.24) is 40.5 Å². The van der Waals surface area contributed by atoms with Gasteiger partial charge in [0.1, 0.15) is 35.9 Å². The Labute approximate surface area is 470 Å². The summed E-state index contributed by atoms with van der Waals surface area (Å²) in [6.45, 7) is 14.5. The molecule has 6 N–H and O–H groups in total. The van der Waals surface area contributed by atoms with Crippen molar-refractivity contribution in [2.75, 3.05) is 58.2 Å². The van der Waals surface area contributed by atoms with Crippen LogP contribution < -0.4 is 25.8 Å². The normalized spacial score (nSPS) is 16.6. The lowest BCUT2D eigenvalue weighted by molar-refractivity contribution is -0.144. The van der Waals surface area contributed by atoms with Gasteiger partial charge in [0.25, 0.3) is 0 Å². The fourth-order valence-corrected chi connectivity index (χ4v) is 11.1. The molecular weight excluding hydrogens is 1020 g/mol. The minimum atomic E-state index is -0.849. The van der Waals surface area contributed by atoms with E-state index in [0.717, 1.165) is 130 Å². The number of piperazine rings is 1. The van der Waals surface area contributed by atoms with Crippen LogP contribution in [0.25, 0.3) is 21.7 Å². The highest BCUT2D eigenvalue weighted by atomic mass is 32.1. The summed E-state index contributed by atoms with van der Waals surface area (Å²) in [5.74, 6) is 0.870. The van der Waals surface area contributed by atoms with E-state index < -0.39 is 23.6 Å².